The molecule has 0 amide bonds. The van der Waals surface area contributed by atoms with Gasteiger partial charge in [0.25, 0.3) is 0 Å². The Bertz CT molecular complexity index is 283. The smallest absolute Gasteiger partial charge is 0.0675 e. The Hall–Kier alpha value is -0.606. The Morgan fingerprint density at radius 3 is 1.67 bits per heavy atom. The van der Waals surface area contributed by atoms with Gasteiger partial charge in [-0.3, -0.25) is 0 Å². The van der Waals surface area contributed by atoms with Gasteiger partial charge >= 0.3 is 0 Å². The maximum Gasteiger partial charge on any atom is 0.0675 e. The fourth-order valence-electron chi connectivity index (χ4n) is 1.47. The lowest BCUT2D eigenvalue weighted by Gasteiger charge is -2.04. The van der Waals surface area contributed by atoms with E-state index in [9.17, 15) is 0 Å². The fourth-order valence-corrected chi connectivity index (χ4v) is 3.72. The molecule has 0 saturated heterocycles. The van der Waals surface area contributed by atoms with Crippen LogP contribution in [-0.4, -0.2) is 17.6 Å². The minimum absolute atomic E-state index is 0. The van der Waals surface area contributed by atoms with Crippen LogP contribution in [0.25, 0.3) is 0 Å². The molecule has 1 aromatic carbocycles. The van der Waals surface area contributed by atoms with Crippen LogP contribution in [0.5, 0.6) is 0 Å². The summed E-state index contributed by atoms with van der Waals surface area (Å²) in [5.74, 6) is 0. The van der Waals surface area contributed by atoms with E-state index in [1.807, 2.05) is 6.08 Å². The van der Waals surface area contributed by atoms with Crippen molar-refractivity contribution in [1.29, 1.82) is 0 Å². The Morgan fingerprint density at radius 2 is 1.38 bits per heavy atom. The molecule has 0 saturated carbocycles. The van der Waals surface area contributed by atoms with Crippen LogP contribution in [0.15, 0.2) is 43.0 Å². The van der Waals surface area contributed by atoms with Gasteiger partial charge in [0.05, 0.1) is 8.80 Å². The quantitative estimate of drug-likeness (QED) is 0.435. The maximum atomic E-state index is 3.68. The molecule has 1 aromatic rings. The van der Waals surface area contributed by atoms with Crippen molar-refractivity contribution in [2.24, 2.45) is 0 Å². The van der Waals surface area contributed by atoms with Crippen molar-refractivity contribution in [1.82, 2.24) is 0 Å². The largest absolute Gasteiger partial charge is 0.103 e. The molecule has 2 atom stereocenters. The van der Waals surface area contributed by atoms with E-state index in [4.69, 9.17) is 0 Å². The predicted molar refractivity (Wildman–Crippen MR) is 115 cm³/mol. The lowest BCUT2D eigenvalue weighted by Crippen LogP contribution is -2.24. The second-order valence-electron chi connectivity index (χ2n) is 4.76. The van der Waals surface area contributed by atoms with E-state index in [0.29, 0.717) is 0 Å². The third-order valence-corrected chi connectivity index (χ3v) is 8.53. The third kappa shape index (κ3) is 17.3. The van der Waals surface area contributed by atoms with E-state index in [-0.39, 0.29) is 38.5 Å². The van der Waals surface area contributed by atoms with Crippen molar-refractivity contribution in [3.8, 4) is 0 Å². The Kier molecular flexibility index (Phi) is 33.4. The third-order valence-electron chi connectivity index (χ3n) is 3.25. The fraction of sp³-hybridized carbons (Fsp3) is 0.579. The SMILES string of the molecule is C.C.C.C.C=CC[SiH](C)CC.CC[SiH](C)c1ccccc1. The highest BCUT2D eigenvalue weighted by Crippen LogP contribution is 1.96. The van der Waals surface area contributed by atoms with Crippen LogP contribution in [0.4, 0.5) is 0 Å². The lowest BCUT2D eigenvalue weighted by atomic mass is 10.4. The second-order valence-corrected chi connectivity index (χ2v) is 11.5. The molecule has 0 aliphatic heterocycles. The molecule has 0 aliphatic rings. The Balaban J connectivity index is -0.0000000713. The first-order valence-corrected chi connectivity index (χ1v) is 12.1. The molecule has 2 unspecified atom stereocenters. The number of hydrogen-bond acceptors (Lipinski definition) is 0. The molecule has 0 spiro atoms. The van der Waals surface area contributed by atoms with Crippen LogP contribution in [-0.2, 0) is 0 Å². The molecule has 128 valence electrons. The molecule has 2 heteroatoms. The molecular weight excluding hydrogens is 284 g/mol. The summed E-state index contributed by atoms with van der Waals surface area (Å²) >= 11 is 0. The lowest BCUT2D eigenvalue weighted by molar-refractivity contribution is 1.38. The van der Waals surface area contributed by atoms with Crippen molar-refractivity contribution >= 4 is 22.8 Å². The summed E-state index contributed by atoms with van der Waals surface area (Å²) < 4.78 is 0. The molecule has 1 rings (SSSR count). The molecule has 0 aliphatic carbocycles. The van der Waals surface area contributed by atoms with Gasteiger partial charge in [-0.2, -0.15) is 0 Å². The van der Waals surface area contributed by atoms with Gasteiger partial charge < -0.3 is 0 Å². The van der Waals surface area contributed by atoms with Gasteiger partial charge in [-0.05, 0) is 6.04 Å². The molecule has 0 fully saturated rings. The van der Waals surface area contributed by atoms with E-state index < -0.39 is 8.80 Å². The van der Waals surface area contributed by atoms with E-state index in [0.717, 1.165) is 0 Å². The van der Waals surface area contributed by atoms with Crippen molar-refractivity contribution in [2.75, 3.05) is 0 Å². The zero-order valence-electron chi connectivity index (χ0n) is 11.9. The molecular formula is C19H44Si2. The van der Waals surface area contributed by atoms with Crippen LogP contribution in [0.1, 0.15) is 43.6 Å². The molecule has 0 heterocycles. The van der Waals surface area contributed by atoms with Gasteiger partial charge in [-0.15, -0.1) is 6.58 Å². The zero-order chi connectivity index (χ0) is 13.1. The van der Waals surface area contributed by atoms with Crippen LogP contribution in [0, 0.1) is 0 Å². The minimum atomic E-state index is -0.540. The second kappa shape index (κ2) is 21.7. The first kappa shape index (κ1) is 32.4. The van der Waals surface area contributed by atoms with E-state index in [1.165, 1.54) is 18.1 Å². The van der Waals surface area contributed by atoms with E-state index >= 15 is 0 Å². The van der Waals surface area contributed by atoms with Crippen molar-refractivity contribution in [3.63, 3.8) is 0 Å². The monoisotopic (exact) mass is 328 g/mol. The van der Waals surface area contributed by atoms with Crippen LogP contribution in [0.2, 0.25) is 31.2 Å². The number of hydrogen-bond donors (Lipinski definition) is 0. The highest BCUT2D eigenvalue weighted by Gasteiger charge is 2.01. The Morgan fingerprint density at radius 1 is 0.905 bits per heavy atom. The van der Waals surface area contributed by atoms with E-state index in [2.05, 4.69) is 63.9 Å². The minimum Gasteiger partial charge on any atom is -0.103 e. The van der Waals surface area contributed by atoms with Crippen molar-refractivity contribution in [2.45, 2.75) is 74.8 Å². The standard InChI is InChI=1S/C9H14Si.C6H14Si.4CH4/c1-3-10(2)9-7-5-4-6-8-9;1-4-6-7(3)5-2;;;;/h4-8,10H,3H2,1-2H3;4,7H,1,5-6H2,2-3H3;4*1H4. The summed E-state index contributed by atoms with van der Waals surface area (Å²) in [5, 5.41) is 1.59. The van der Waals surface area contributed by atoms with Gasteiger partial charge in [-0.25, -0.2) is 0 Å². The average molecular weight is 329 g/mol. The normalized spacial score (nSPS) is 10.7. The van der Waals surface area contributed by atoms with Crippen molar-refractivity contribution in [3.05, 3.63) is 43.0 Å². The predicted octanol–water partition coefficient (Wildman–Crippen LogP) is 6.36. The number of benzene rings is 1. The van der Waals surface area contributed by atoms with Crippen molar-refractivity contribution < 1.29 is 0 Å². The van der Waals surface area contributed by atoms with Crippen LogP contribution in [0.3, 0.4) is 0 Å². The molecule has 0 radical (unpaired) electrons. The highest BCUT2D eigenvalue weighted by molar-refractivity contribution is 6.71. The summed E-state index contributed by atoms with van der Waals surface area (Å²) in [7, 11) is -0.839. The maximum absolute atomic E-state index is 3.68. The number of allylic oxidation sites excluding steroid dienone is 1. The summed E-state index contributed by atoms with van der Waals surface area (Å²) in [6.07, 6.45) is 2.04. The molecule has 0 bridgehead atoms. The Labute approximate surface area is 140 Å². The average Bonchev–Trinajstić information content (AvgIpc) is 2.39. The van der Waals surface area contributed by atoms with Crippen LogP contribution < -0.4 is 5.19 Å². The van der Waals surface area contributed by atoms with Gasteiger partial charge in [0.15, 0.2) is 0 Å². The van der Waals surface area contributed by atoms with Crippen LogP contribution >= 0.6 is 0 Å². The van der Waals surface area contributed by atoms with Gasteiger partial charge in [0.1, 0.15) is 0 Å². The van der Waals surface area contributed by atoms with Gasteiger partial charge in [0, 0.05) is 8.80 Å². The van der Waals surface area contributed by atoms with E-state index in [1.54, 1.807) is 5.19 Å². The topological polar surface area (TPSA) is 0 Å². The highest BCUT2D eigenvalue weighted by atomic mass is 28.3. The summed E-state index contributed by atoms with van der Waals surface area (Å²) in [6, 6.07) is 14.9. The molecule has 21 heavy (non-hydrogen) atoms. The zero-order valence-corrected chi connectivity index (χ0v) is 14.3. The first-order valence-electron chi connectivity index (χ1n) is 6.81. The molecule has 0 nitrogen and oxygen atoms in total. The first-order chi connectivity index (χ1) is 8.15. The molecule has 0 aromatic heterocycles. The summed E-state index contributed by atoms with van der Waals surface area (Å²) in [4.78, 5) is 0. The molecule has 0 N–H and O–H groups in total. The summed E-state index contributed by atoms with van der Waals surface area (Å²) in [6.45, 7) is 13.0. The number of rotatable bonds is 5. The van der Waals surface area contributed by atoms with Gasteiger partial charge in [-0.1, -0.05) is 110 Å². The summed E-state index contributed by atoms with van der Waals surface area (Å²) in [5.41, 5.74) is 0. The van der Waals surface area contributed by atoms with Gasteiger partial charge in [0.2, 0.25) is 0 Å².